The number of imide groups is 1. The van der Waals surface area contributed by atoms with Crippen LogP contribution in [0.5, 0.6) is 17.2 Å². The number of non-ortho nitro benzene ring substituents is 1. The molecule has 0 bridgehead atoms. The highest BCUT2D eigenvalue weighted by Gasteiger charge is 2.38. The maximum absolute atomic E-state index is 13.0. The number of nitro benzene ring substituents is 1. The number of amides is 2. The van der Waals surface area contributed by atoms with Crippen LogP contribution in [-0.4, -0.2) is 49.5 Å². The topological polar surface area (TPSA) is 120 Å². The highest BCUT2D eigenvalue weighted by Crippen LogP contribution is 2.41. The number of hydrogen-bond acceptors (Lipinski definition) is 8. The maximum Gasteiger partial charge on any atom is 0.278 e. The molecule has 2 aromatic rings. The van der Waals surface area contributed by atoms with E-state index < -0.39 is 16.7 Å². The van der Waals surface area contributed by atoms with Gasteiger partial charge in [0, 0.05) is 36.5 Å². The average Bonchev–Trinajstić information content (AvgIpc) is 3.02. The maximum atomic E-state index is 13.0. The average molecular weight is 439 g/mol. The summed E-state index contributed by atoms with van der Waals surface area (Å²) in [5.74, 6) is -0.0268. The van der Waals surface area contributed by atoms with Crippen molar-refractivity contribution in [3.8, 4) is 17.2 Å². The molecule has 0 aromatic heterocycles. The molecular weight excluding hydrogens is 418 g/mol. The van der Waals surface area contributed by atoms with E-state index in [2.05, 4.69) is 11.9 Å². The van der Waals surface area contributed by atoms with Gasteiger partial charge in [0.25, 0.3) is 17.5 Å². The summed E-state index contributed by atoms with van der Waals surface area (Å²) in [5, 5.41) is 14.0. The van der Waals surface area contributed by atoms with Gasteiger partial charge >= 0.3 is 0 Å². The molecule has 166 valence electrons. The lowest BCUT2D eigenvalue weighted by molar-refractivity contribution is -0.384. The van der Waals surface area contributed by atoms with Gasteiger partial charge in [0.2, 0.25) is 5.75 Å². The normalized spacial score (nSPS) is 13.3. The van der Waals surface area contributed by atoms with Gasteiger partial charge in [-0.15, -0.1) is 6.58 Å². The number of methoxy groups -OCH3 is 3. The molecule has 1 aliphatic rings. The summed E-state index contributed by atoms with van der Waals surface area (Å²) in [6.45, 7) is 3.60. The van der Waals surface area contributed by atoms with Crippen LogP contribution in [0, 0.1) is 10.1 Å². The predicted molar refractivity (Wildman–Crippen MR) is 117 cm³/mol. The van der Waals surface area contributed by atoms with Gasteiger partial charge in [-0.2, -0.15) is 0 Å². The number of ether oxygens (including phenoxy) is 3. The van der Waals surface area contributed by atoms with Crippen LogP contribution in [0.15, 0.2) is 54.8 Å². The first-order valence-corrected chi connectivity index (χ1v) is 9.39. The van der Waals surface area contributed by atoms with Crippen molar-refractivity contribution >= 4 is 28.8 Å². The third-order valence-corrected chi connectivity index (χ3v) is 4.78. The predicted octanol–water partition coefficient (Wildman–Crippen LogP) is 3.00. The quantitative estimate of drug-likeness (QED) is 0.274. The lowest BCUT2D eigenvalue weighted by atomic mass is 10.0. The Morgan fingerprint density at radius 1 is 1.03 bits per heavy atom. The Bertz CT molecular complexity index is 1100. The number of anilines is 1. The molecule has 0 spiro atoms. The third-order valence-electron chi connectivity index (χ3n) is 4.78. The molecule has 3 rings (SSSR count). The molecule has 1 heterocycles. The Labute approximate surface area is 183 Å². The van der Waals surface area contributed by atoms with E-state index in [4.69, 9.17) is 14.2 Å². The number of benzene rings is 2. The molecular formula is C22H21N3O7. The SMILES string of the molecule is C=CCN1C(=O)C(Nc2cc(OC)c(OC)c(OC)c2)=C(c2ccc([N+](=O)[O-])cc2)C1=O. The minimum absolute atomic E-state index is 0.00851. The van der Waals surface area contributed by atoms with E-state index in [1.165, 1.54) is 51.7 Å². The number of hydrogen-bond donors (Lipinski definition) is 1. The van der Waals surface area contributed by atoms with Gasteiger partial charge in [-0.1, -0.05) is 6.08 Å². The summed E-state index contributed by atoms with van der Waals surface area (Å²) in [7, 11) is 4.38. The minimum atomic E-state index is -0.558. The summed E-state index contributed by atoms with van der Waals surface area (Å²) >= 11 is 0. The Morgan fingerprint density at radius 3 is 2.09 bits per heavy atom. The van der Waals surface area contributed by atoms with Crippen molar-refractivity contribution in [1.82, 2.24) is 4.90 Å². The second kappa shape index (κ2) is 9.21. The molecule has 2 amide bonds. The minimum Gasteiger partial charge on any atom is -0.493 e. The van der Waals surface area contributed by atoms with Gasteiger partial charge in [-0.25, -0.2) is 0 Å². The van der Waals surface area contributed by atoms with E-state index in [-0.39, 0.29) is 23.5 Å². The monoisotopic (exact) mass is 439 g/mol. The van der Waals surface area contributed by atoms with E-state index in [0.717, 1.165) is 4.90 Å². The van der Waals surface area contributed by atoms with E-state index >= 15 is 0 Å². The van der Waals surface area contributed by atoms with Crippen molar-refractivity contribution < 1.29 is 28.7 Å². The zero-order valence-corrected chi connectivity index (χ0v) is 17.7. The standard InChI is InChI=1S/C22H21N3O7/c1-5-10-24-21(26)18(13-6-8-15(9-7-13)25(28)29)19(22(24)27)23-14-11-16(30-2)20(32-4)17(12-14)31-3/h5-9,11-12,23H,1,10H2,2-4H3. The van der Waals surface area contributed by atoms with Crippen molar-refractivity contribution in [2.45, 2.75) is 0 Å². The van der Waals surface area contributed by atoms with E-state index in [1.54, 1.807) is 12.1 Å². The number of carbonyl (C=O) groups is 2. The molecule has 10 nitrogen and oxygen atoms in total. The first-order chi connectivity index (χ1) is 15.4. The van der Waals surface area contributed by atoms with E-state index in [9.17, 15) is 19.7 Å². The van der Waals surface area contributed by atoms with Gasteiger partial charge in [0.1, 0.15) is 5.70 Å². The number of carbonyl (C=O) groups excluding carboxylic acids is 2. The second-order valence-electron chi connectivity index (χ2n) is 6.60. The zero-order valence-electron chi connectivity index (χ0n) is 17.7. The van der Waals surface area contributed by atoms with Crippen LogP contribution >= 0.6 is 0 Å². The Balaban J connectivity index is 2.12. The van der Waals surface area contributed by atoms with Crippen LogP contribution in [0.2, 0.25) is 0 Å². The summed E-state index contributed by atoms with van der Waals surface area (Å²) in [6, 6.07) is 8.58. The third kappa shape index (κ3) is 3.97. The van der Waals surface area contributed by atoms with Crippen LogP contribution in [0.4, 0.5) is 11.4 Å². The van der Waals surface area contributed by atoms with Crippen LogP contribution in [0.1, 0.15) is 5.56 Å². The van der Waals surface area contributed by atoms with Crippen molar-refractivity contribution in [3.63, 3.8) is 0 Å². The number of nitro groups is 1. The molecule has 0 saturated carbocycles. The van der Waals surface area contributed by atoms with Crippen LogP contribution < -0.4 is 19.5 Å². The molecule has 32 heavy (non-hydrogen) atoms. The summed E-state index contributed by atoms with van der Waals surface area (Å²) in [5.41, 5.74) is 0.736. The van der Waals surface area contributed by atoms with Gasteiger partial charge in [-0.05, 0) is 17.7 Å². The van der Waals surface area contributed by atoms with Gasteiger partial charge in [0.15, 0.2) is 11.5 Å². The van der Waals surface area contributed by atoms with Crippen molar-refractivity contribution in [3.05, 3.63) is 70.4 Å². The van der Waals surface area contributed by atoms with E-state index in [0.29, 0.717) is 28.5 Å². The molecule has 0 fully saturated rings. The van der Waals surface area contributed by atoms with Crippen LogP contribution in [-0.2, 0) is 9.59 Å². The lowest BCUT2D eigenvalue weighted by Gasteiger charge is -2.16. The second-order valence-corrected chi connectivity index (χ2v) is 6.60. The molecule has 1 aliphatic heterocycles. The molecule has 2 aromatic carbocycles. The smallest absolute Gasteiger partial charge is 0.278 e. The van der Waals surface area contributed by atoms with Crippen molar-refractivity contribution in [1.29, 1.82) is 0 Å². The summed E-state index contributed by atoms with van der Waals surface area (Å²) in [4.78, 5) is 37.5. The van der Waals surface area contributed by atoms with E-state index in [1.807, 2.05) is 0 Å². The first kappa shape index (κ1) is 22.3. The largest absolute Gasteiger partial charge is 0.493 e. The molecule has 0 radical (unpaired) electrons. The van der Waals surface area contributed by atoms with Crippen LogP contribution in [0.25, 0.3) is 5.57 Å². The molecule has 0 aliphatic carbocycles. The van der Waals surface area contributed by atoms with Gasteiger partial charge in [0.05, 0.1) is 31.8 Å². The highest BCUT2D eigenvalue weighted by atomic mass is 16.6. The van der Waals surface area contributed by atoms with Crippen molar-refractivity contribution in [2.75, 3.05) is 33.2 Å². The number of nitrogens with one attached hydrogen (secondary N) is 1. The van der Waals surface area contributed by atoms with Gasteiger partial charge in [-0.3, -0.25) is 24.6 Å². The Kier molecular flexibility index (Phi) is 6.43. The summed E-state index contributed by atoms with van der Waals surface area (Å²) in [6.07, 6.45) is 1.44. The molecule has 0 unspecified atom stereocenters. The fourth-order valence-electron chi connectivity index (χ4n) is 3.30. The number of rotatable bonds is 9. The van der Waals surface area contributed by atoms with Crippen LogP contribution in [0.3, 0.4) is 0 Å². The zero-order chi connectivity index (χ0) is 23.4. The molecule has 0 atom stereocenters. The van der Waals surface area contributed by atoms with Crippen molar-refractivity contribution in [2.24, 2.45) is 0 Å². The highest BCUT2D eigenvalue weighted by molar-refractivity contribution is 6.36. The Hall–Kier alpha value is -4.34. The fraction of sp³-hybridized carbons (Fsp3) is 0.182. The lowest BCUT2D eigenvalue weighted by Crippen LogP contribution is -2.32. The molecule has 0 saturated heterocycles. The summed E-state index contributed by atoms with van der Waals surface area (Å²) < 4.78 is 16.0. The Morgan fingerprint density at radius 2 is 1.62 bits per heavy atom. The first-order valence-electron chi connectivity index (χ1n) is 9.39. The number of nitrogens with zero attached hydrogens (tertiary/aromatic N) is 2. The molecule has 1 N–H and O–H groups in total. The fourth-order valence-corrected chi connectivity index (χ4v) is 3.30. The molecule has 10 heteroatoms. The van der Waals surface area contributed by atoms with Gasteiger partial charge < -0.3 is 19.5 Å².